The Labute approximate surface area is 206 Å². The Hall–Kier alpha value is -2.60. The Morgan fingerprint density at radius 1 is 1.14 bits per heavy atom. The number of rotatable bonds is 5. The van der Waals surface area contributed by atoms with Gasteiger partial charge in [-0.1, -0.05) is 23.2 Å². The largest absolute Gasteiger partial charge is 0.504 e. The minimum Gasteiger partial charge on any atom is -0.504 e. The van der Waals surface area contributed by atoms with E-state index in [0.717, 1.165) is 4.90 Å². The summed E-state index contributed by atoms with van der Waals surface area (Å²) in [5.74, 6) is -1.15. The summed E-state index contributed by atoms with van der Waals surface area (Å²) in [6, 6.07) is 5.66. The molecule has 2 heterocycles. The Balaban J connectivity index is 1.39. The fourth-order valence-electron chi connectivity index (χ4n) is 4.64. The van der Waals surface area contributed by atoms with Crippen LogP contribution in [0.4, 0.5) is 29.1 Å². The second-order valence-corrected chi connectivity index (χ2v) is 9.40. The number of aliphatic hydroxyl groups excluding tert-OH is 1. The summed E-state index contributed by atoms with van der Waals surface area (Å²) in [6.45, 7) is 0.0331. The van der Waals surface area contributed by atoms with Crippen molar-refractivity contribution in [3.05, 3.63) is 46.5 Å². The van der Waals surface area contributed by atoms with Gasteiger partial charge in [0.05, 0.1) is 21.2 Å². The van der Waals surface area contributed by atoms with Gasteiger partial charge < -0.3 is 20.3 Å². The molecule has 5 rings (SSSR count). The molecular weight excluding hydrogens is 515 g/mol. The number of aromatic hydroxyl groups is 1. The molecule has 1 aliphatic heterocycles. The predicted molar refractivity (Wildman–Crippen MR) is 121 cm³/mol. The molecule has 1 aliphatic carbocycles. The maximum atomic E-state index is 14.5. The molecule has 2 unspecified atom stereocenters. The van der Waals surface area contributed by atoms with Gasteiger partial charge in [0.2, 0.25) is 6.23 Å². The lowest BCUT2D eigenvalue weighted by molar-refractivity contribution is -0.269. The van der Waals surface area contributed by atoms with E-state index in [9.17, 15) is 27.8 Å². The van der Waals surface area contributed by atoms with Gasteiger partial charge in [0.1, 0.15) is 18.2 Å². The van der Waals surface area contributed by atoms with Crippen molar-refractivity contribution in [2.45, 2.75) is 24.9 Å². The molecule has 3 aromatic rings. The van der Waals surface area contributed by atoms with Gasteiger partial charge in [0.25, 0.3) is 0 Å². The van der Waals surface area contributed by atoms with Crippen LogP contribution in [-0.4, -0.2) is 56.7 Å². The van der Waals surface area contributed by atoms with Gasteiger partial charge in [0.15, 0.2) is 17.3 Å². The minimum absolute atomic E-state index is 0.0166. The van der Waals surface area contributed by atoms with Crippen molar-refractivity contribution in [3.8, 4) is 11.5 Å². The zero-order chi connectivity index (χ0) is 25.1. The highest BCUT2D eigenvalue weighted by Gasteiger charge is 2.53. The van der Waals surface area contributed by atoms with Crippen LogP contribution in [0.3, 0.4) is 0 Å². The fraction of sp³-hybridized carbons (Fsp3) is 0.364. The number of hydrogen-bond donors (Lipinski definition) is 3. The molecule has 0 radical (unpaired) electrons. The number of phenolic OH excluding ortho intramolecular Hbond substituents is 1. The standard InChI is InChI=1S/C22H18Cl2F4N4O3/c23-12-1-2-13(18(25)17(12)24)31-20-11-4-16(15(33)5-14(11)29-8-30-20)35-19-9-3-10(19)7-32(6-9)21(34)22(26,27)28/h1-2,4-5,8-10,19,21,33-34H,3,6-7H2,(H,29,30,31)/t9-,10+,19?,21?. The van der Waals surface area contributed by atoms with Crippen molar-refractivity contribution < 1.29 is 32.5 Å². The molecule has 2 fully saturated rings. The molecule has 0 amide bonds. The summed E-state index contributed by atoms with van der Waals surface area (Å²) >= 11 is 11.7. The highest BCUT2D eigenvalue weighted by atomic mass is 35.5. The lowest BCUT2D eigenvalue weighted by Crippen LogP contribution is -2.64. The van der Waals surface area contributed by atoms with E-state index >= 15 is 0 Å². The second-order valence-electron chi connectivity index (χ2n) is 8.61. The van der Waals surface area contributed by atoms with E-state index in [-0.39, 0.29) is 58.0 Å². The van der Waals surface area contributed by atoms with Crippen molar-refractivity contribution in [1.29, 1.82) is 0 Å². The maximum absolute atomic E-state index is 14.5. The number of halogens is 6. The fourth-order valence-corrected chi connectivity index (χ4v) is 4.95. The number of aromatic nitrogens is 2. The first kappa shape index (κ1) is 24.1. The number of benzene rings is 2. The van der Waals surface area contributed by atoms with Crippen molar-refractivity contribution in [3.63, 3.8) is 0 Å². The van der Waals surface area contributed by atoms with Gasteiger partial charge in [-0.05, 0) is 24.6 Å². The molecule has 1 saturated heterocycles. The van der Waals surface area contributed by atoms with Crippen molar-refractivity contribution in [2.24, 2.45) is 11.8 Å². The number of piperidine rings is 2. The summed E-state index contributed by atoms with van der Waals surface area (Å²) < 4.78 is 59.1. The van der Waals surface area contributed by atoms with Crippen LogP contribution in [0.5, 0.6) is 11.5 Å². The Kier molecular flexibility index (Phi) is 6.07. The van der Waals surface area contributed by atoms with Crippen LogP contribution in [0, 0.1) is 17.7 Å². The van der Waals surface area contributed by atoms with Crippen molar-refractivity contribution in [1.82, 2.24) is 14.9 Å². The molecule has 2 aromatic carbocycles. The van der Waals surface area contributed by atoms with Gasteiger partial charge in [0, 0.05) is 36.4 Å². The van der Waals surface area contributed by atoms with E-state index < -0.39 is 24.3 Å². The summed E-state index contributed by atoms with van der Waals surface area (Å²) in [5, 5.41) is 23.1. The Morgan fingerprint density at radius 3 is 2.54 bits per heavy atom. The first-order valence-electron chi connectivity index (χ1n) is 10.6. The smallest absolute Gasteiger partial charge is 0.428 e. The number of anilines is 2. The molecule has 186 valence electrons. The lowest BCUT2D eigenvalue weighted by atomic mass is 9.68. The molecule has 4 atom stereocenters. The molecule has 35 heavy (non-hydrogen) atoms. The normalized spacial score (nSPS) is 23.1. The SMILES string of the molecule is Oc1cc2ncnc(Nc3ccc(Cl)c(Cl)c3F)c2cc1OC1[C@@H]2C[C@H]1CN(C(O)C(F)(F)F)C2. The molecular formula is C22H18Cl2F4N4O3. The first-order valence-corrected chi connectivity index (χ1v) is 11.3. The topological polar surface area (TPSA) is 90.7 Å². The molecule has 1 saturated carbocycles. The van der Waals surface area contributed by atoms with E-state index in [1.165, 1.54) is 30.6 Å². The van der Waals surface area contributed by atoms with E-state index in [2.05, 4.69) is 15.3 Å². The summed E-state index contributed by atoms with van der Waals surface area (Å²) in [5.41, 5.74) is 0.368. The van der Waals surface area contributed by atoms with Gasteiger partial charge >= 0.3 is 6.18 Å². The number of likely N-dealkylation sites (tertiary alicyclic amines) is 1. The van der Waals surface area contributed by atoms with E-state index in [1.807, 2.05) is 0 Å². The van der Waals surface area contributed by atoms with Crippen LogP contribution >= 0.6 is 23.2 Å². The molecule has 13 heteroatoms. The van der Waals surface area contributed by atoms with Crippen LogP contribution in [0.25, 0.3) is 10.9 Å². The quantitative estimate of drug-likeness (QED) is 0.311. The number of aliphatic hydroxyl groups is 1. The van der Waals surface area contributed by atoms with Crippen LogP contribution in [0.2, 0.25) is 10.0 Å². The van der Waals surface area contributed by atoms with Gasteiger partial charge in [-0.2, -0.15) is 13.2 Å². The van der Waals surface area contributed by atoms with Gasteiger partial charge in [-0.25, -0.2) is 14.4 Å². The summed E-state index contributed by atoms with van der Waals surface area (Å²) in [4.78, 5) is 9.25. The third-order valence-corrected chi connectivity index (χ3v) is 7.16. The predicted octanol–water partition coefficient (Wildman–Crippen LogP) is 5.10. The molecule has 7 nitrogen and oxygen atoms in total. The first-order chi connectivity index (χ1) is 16.5. The number of nitrogens with one attached hydrogen (secondary N) is 1. The van der Waals surface area contributed by atoms with Crippen molar-refractivity contribution >= 4 is 45.6 Å². The second kappa shape index (κ2) is 8.81. The van der Waals surface area contributed by atoms with Crippen LogP contribution < -0.4 is 10.1 Å². The number of hydrogen-bond acceptors (Lipinski definition) is 7. The van der Waals surface area contributed by atoms with Crippen molar-refractivity contribution in [2.75, 3.05) is 18.4 Å². The number of fused-ring (bicyclic) bond motifs is 3. The zero-order valence-corrected chi connectivity index (χ0v) is 19.2. The summed E-state index contributed by atoms with van der Waals surface area (Å²) in [7, 11) is 0. The van der Waals surface area contributed by atoms with Gasteiger partial charge in [-0.15, -0.1) is 0 Å². The van der Waals surface area contributed by atoms with Crippen LogP contribution in [-0.2, 0) is 0 Å². The van der Waals surface area contributed by atoms with Crippen LogP contribution in [0.1, 0.15) is 6.42 Å². The molecule has 0 spiro atoms. The Bertz CT molecular complexity index is 1280. The Morgan fingerprint density at radius 2 is 1.86 bits per heavy atom. The minimum atomic E-state index is -4.73. The monoisotopic (exact) mass is 532 g/mol. The lowest BCUT2D eigenvalue weighted by Gasteiger charge is -2.53. The van der Waals surface area contributed by atoms with Gasteiger partial charge in [-0.3, -0.25) is 4.90 Å². The average Bonchev–Trinajstić information content (AvgIpc) is 2.82. The number of alkyl halides is 3. The highest BCUT2D eigenvalue weighted by Crippen LogP contribution is 2.46. The van der Waals surface area contributed by atoms with E-state index in [4.69, 9.17) is 27.9 Å². The zero-order valence-electron chi connectivity index (χ0n) is 17.7. The number of phenols is 1. The molecule has 2 bridgehead atoms. The van der Waals surface area contributed by atoms with E-state index in [0.29, 0.717) is 17.3 Å². The summed E-state index contributed by atoms with van der Waals surface area (Å²) in [6.07, 6.45) is -5.78. The highest BCUT2D eigenvalue weighted by molar-refractivity contribution is 6.42. The number of ether oxygens (including phenoxy) is 1. The maximum Gasteiger partial charge on any atom is 0.428 e. The molecule has 2 aliphatic rings. The average molecular weight is 533 g/mol. The van der Waals surface area contributed by atoms with E-state index in [1.54, 1.807) is 0 Å². The molecule has 3 N–H and O–H groups in total. The molecule has 1 aromatic heterocycles. The number of nitrogens with zero attached hydrogens (tertiary/aromatic N) is 3. The third-order valence-electron chi connectivity index (χ3n) is 6.38. The third kappa shape index (κ3) is 4.42. The van der Waals surface area contributed by atoms with Crippen LogP contribution in [0.15, 0.2) is 30.6 Å².